The second kappa shape index (κ2) is 13.1. The van der Waals surface area contributed by atoms with Gasteiger partial charge in [0.2, 0.25) is 0 Å². The van der Waals surface area contributed by atoms with Crippen LogP contribution in [0.3, 0.4) is 0 Å². The molecule has 58 heavy (non-hydrogen) atoms. The normalized spacial score (nSPS) is 11.8. The molecule has 12 rings (SSSR count). The van der Waals surface area contributed by atoms with Crippen LogP contribution in [-0.2, 0) is 0 Å². The molecule has 0 aliphatic heterocycles. The van der Waals surface area contributed by atoms with E-state index >= 15 is 0 Å². The standard InChI is InChI=1S/C53H31N3OS/c1-3-14-34(15-4-1)51-41-30-40(52-50(38-19-8-11-23-45(38)57-52)49(41)36-18-7-10-22-42(36)54-51)32-26-28-33(29-27-32)43-31-44(56-53(55-43)35-16-5-2-6-17-35)37-21-13-25-47-48(37)39-20-9-12-24-46(39)58-47/h1-31H. The molecule has 0 spiro atoms. The van der Waals surface area contributed by atoms with Crippen molar-refractivity contribution in [3.8, 4) is 56.3 Å². The van der Waals surface area contributed by atoms with Gasteiger partial charge in [-0.05, 0) is 42.0 Å². The third-order valence-corrected chi connectivity index (χ3v) is 12.4. The molecule has 0 atom stereocenters. The van der Waals surface area contributed by atoms with Crippen LogP contribution in [0.1, 0.15) is 0 Å². The Balaban J connectivity index is 1.07. The minimum absolute atomic E-state index is 0.695. The predicted molar refractivity (Wildman–Crippen MR) is 242 cm³/mol. The van der Waals surface area contributed by atoms with Crippen LogP contribution in [-0.4, -0.2) is 15.0 Å². The van der Waals surface area contributed by atoms with Crippen LogP contribution in [0.2, 0.25) is 0 Å². The summed E-state index contributed by atoms with van der Waals surface area (Å²) in [5.74, 6) is 0.695. The maximum absolute atomic E-state index is 6.80. The van der Waals surface area contributed by atoms with E-state index in [1.54, 1.807) is 0 Å². The summed E-state index contributed by atoms with van der Waals surface area (Å²) in [6.07, 6.45) is 0. The molecule has 5 heteroatoms. The van der Waals surface area contributed by atoms with Gasteiger partial charge in [0.25, 0.3) is 0 Å². The first-order chi connectivity index (χ1) is 28.7. The Kier molecular flexibility index (Phi) is 7.37. The van der Waals surface area contributed by atoms with Gasteiger partial charge in [-0.25, -0.2) is 15.0 Å². The van der Waals surface area contributed by atoms with E-state index in [2.05, 4.69) is 164 Å². The number of thiophene rings is 1. The van der Waals surface area contributed by atoms with Gasteiger partial charge in [-0.2, -0.15) is 0 Å². The molecule has 0 saturated heterocycles. The summed E-state index contributed by atoms with van der Waals surface area (Å²) in [6.45, 7) is 0. The van der Waals surface area contributed by atoms with Crippen LogP contribution in [0, 0.1) is 0 Å². The average molecular weight is 758 g/mol. The Bertz CT molecular complexity index is 3550. The number of rotatable bonds is 5. The predicted octanol–water partition coefficient (Wildman–Crippen LogP) is 14.8. The number of fused-ring (bicyclic) bond motifs is 10. The second-order valence-electron chi connectivity index (χ2n) is 14.7. The van der Waals surface area contributed by atoms with Crippen LogP contribution in [0.5, 0.6) is 0 Å². The molecule has 0 aliphatic carbocycles. The van der Waals surface area contributed by atoms with Crippen molar-refractivity contribution < 1.29 is 4.42 Å². The van der Waals surface area contributed by atoms with Crippen LogP contribution in [0.4, 0.5) is 0 Å². The smallest absolute Gasteiger partial charge is 0.160 e. The number of aromatic nitrogens is 3. The number of benzene rings is 8. The zero-order valence-corrected chi connectivity index (χ0v) is 31.9. The SMILES string of the molecule is c1ccc(-c2nc(-c3ccc(-c4cc5c(-c6ccccc6)nc6ccccc6c5c5c4oc4ccccc45)cc3)cc(-c3cccc4sc5ccccc5c34)n2)cc1. The number of hydrogen-bond donors (Lipinski definition) is 0. The van der Waals surface area contributed by atoms with Crippen molar-refractivity contribution in [2.75, 3.05) is 0 Å². The molecule has 0 saturated carbocycles. The molecular weight excluding hydrogens is 727 g/mol. The fourth-order valence-electron chi connectivity index (χ4n) is 8.62. The third-order valence-electron chi connectivity index (χ3n) is 11.3. The van der Waals surface area contributed by atoms with E-state index in [0.717, 1.165) is 94.1 Å². The molecule has 0 bridgehead atoms. The highest BCUT2D eigenvalue weighted by Crippen LogP contribution is 2.46. The summed E-state index contributed by atoms with van der Waals surface area (Å²) in [5, 5.41) is 8.01. The van der Waals surface area contributed by atoms with Crippen molar-refractivity contribution >= 4 is 75.1 Å². The van der Waals surface area contributed by atoms with E-state index in [4.69, 9.17) is 19.4 Å². The first kappa shape index (κ1) is 32.7. The minimum atomic E-state index is 0.695. The Morgan fingerprint density at radius 2 is 1.03 bits per heavy atom. The molecule has 0 aliphatic rings. The molecule has 270 valence electrons. The van der Waals surface area contributed by atoms with E-state index < -0.39 is 0 Å². The van der Waals surface area contributed by atoms with Crippen LogP contribution < -0.4 is 0 Å². The van der Waals surface area contributed by atoms with E-state index in [1.165, 1.54) is 20.2 Å². The van der Waals surface area contributed by atoms with E-state index in [9.17, 15) is 0 Å². The lowest BCUT2D eigenvalue weighted by atomic mass is 9.91. The Morgan fingerprint density at radius 3 is 1.86 bits per heavy atom. The second-order valence-corrected chi connectivity index (χ2v) is 15.8. The molecule has 0 fully saturated rings. The highest BCUT2D eigenvalue weighted by Gasteiger charge is 2.22. The number of para-hydroxylation sites is 2. The zero-order valence-electron chi connectivity index (χ0n) is 31.1. The molecule has 8 aromatic carbocycles. The molecule has 0 N–H and O–H groups in total. The van der Waals surface area contributed by atoms with Gasteiger partial charge >= 0.3 is 0 Å². The lowest BCUT2D eigenvalue weighted by Gasteiger charge is -2.14. The largest absolute Gasteiger partial charge is 0.455 e. The summed E-state index contributed by atoms with van der Waals surface area (Å²) in [6, 6.07) is 65.8. The summed E-state index contributed by atoms with van der Waals surface area (Å²) < 4.78 is 9.32. The van der Waals surface area contributed by atoms with Gasteiger partial charge in [-0.15, -0.1) is 11.3 Å². The van der Waals surface area contributed by atoms with Crippen LogP contribution in [0.15, 0.2) is 192 Å². The number of pyridine rings is 1. The Hall–Kier alpha value is -7.47. The van der Waals surface area contributed by atoms with Crippen LogP contribution in [0.25, 0.3) is 120 Å². The summed E-state index contributed by atoms with van der Waals surface area (Å²) in [7, 11) is 0. The van der Waals surface area contributed by atoms with Crippen molar-refractivity contribution in [3.63, 3.8) is 0 Å². The number of hydrogen-bond acceptors (Lipinski definition) is 5. The molecule has 0 unspecified atom stereocenters. The van der Waals surface area contributed by atoms with E-state index in [0.29, 0.717) is 5.82 Å². The Labute approximate surface area is 337 Å². The molecule has 4 heterocycles. The van der Waals surface area contributed by atoms with E-state index in [1.807, 2.05) is 35.6 Å². The molecule has 4 aromatic heterocycles. The van der Waals surface area contributed by atoms with Crippen LogP contribution >= 0.6 is 11.3 Å². The topological polar surface area (TPSA) is 51.8 Å². The fourth-order valence-corrected chi connectivity index (χ4v) is 9.75. The summed E-state index contributed by atoms with van der Waals surface area (Å²) in [5.41, 5.74) is 11.6. The number of nitrogens with zero attached hydrogens (tertiary/aromatic N) is 3. The minimum Gasteiger partial charge on any atom is -0.455 e. The maximum atomic E-state index is 6.80. The van der Waals surface area contributed by atoms with E-state index in [-0.39, 0.29) is 0 Å². The Morgan fingerprint density at radius 1 is 0.379 bits per heavy atom. The monoisotopic (exact) mass is 757 g/mol. The highest BCUT2D eigenvalue weighted by atomic mass is 32.1. The fraction of sp³-hybridized carbons (Fsp3) is 0. The molecule has 4 nitrogen and oxygen atoms in total. The molecule has 0 radical (unpaired) electrons. The first-order valence-electron chi connectivity index (χ1n) is 19.4. The van der Waals surface area contributed by atoms with Crippen molar-refractivity contribution in [1.29, 1.82) is 0 Å². The van der Waals surface area contributed by atoms with Crippen molar-refractivity contribution in [1.82, 2.24) is 15.0 Å². The van der Waals surface area contributed by atoms with Gasteiger partial charge in [0.15, 0.2) is 5.82 Å². The molecule has 12 aromatic rings. The highest BCUT2D eigenvalue weighted by molar-refractivity contribution is 7.25. The third kappa shape index (κ3) is 5.18. The van der Waals surface area contributed by atoms with Gasteiger partial charge in [0.05, 0.1) is 22.6 Å². The summed E-state index contributed by atoms with van der Waals surface area (Å²) >= 11 is 1.82. The van der Waals surface area contributed by atoms with Gasteiger partial charge in [0, 0.05) is 74.9 Å². The average Bonchev–Trinajstić information content (AvgIpc) is 3.88. The number of furan rings is 1. The quantitative estimate of drug-likeness (QED) is 0.164. The lowest BCUT2D eigenvalue weighted by Crippen LogP contribution is -1.96. The zero-order chi connectivity index (χ0) is 38.2. The lowest BCUT2D eigenvalue weighted by molar-refractivity contribution is 0.670. The van der Waals surface area contributed by atoms with Crippen molar-refractivity contribution in [2.45, 2.75) is 0 Å². The van der Waals surface area contributed by atoms with Gasteiger partial charge in [-0.3, -0.25) is 0 Å². The molecule has 0 amide bonds. The van der Waals surface area contributed by atoms with Gasteiger partial charge < -0.3 is 4.42 Å². The van der Waals surface area contributed by atoms with Crippen molar-refractivity contribution in [3.05, 3.63) is 188 Å². The molecular formula is C53H31N3OS. The first-order valence-corrected chi connectivity index (χ1v) is 20.2. The summed E-state index contributed by atoms with van der Waals surface area (Å²) in [4.78, 5) is 15.7. The van der Waals surface area contributed by atoms with Gasteiger partial charge in [-0.1, -0.05) is 152 Å². The van der Waals surface area contributed by atoms with Crippen molar-refractivity contribution in [2.24, 2.45) is 0 Å². The maximum Gasteiger partial charge on any atom is 0.160 e. The van der Waals surface area contributed by atoms with Gasteiger partial charge in [0.1, 0.15) is 11.2 Å².